The molecule has 4 rings (SSSR count). The van der Waals surface area contributed by atoms with Crippen LogP contribution in [0.2, 0.25) is 0 Å². The molecular weight excluding hydrogens is 398 g/mol. The van der Waals surface area contributed by atoms with E-state index in [-0.39, 0.29) is 37.5 Å². The van der Waals surface area contributed by atoms with Gasteiger partial charge in [0.2, 0.25) is 0 Å². The quantitative estimate of drug-likeness (QED) is 0.509. The zero-order chi connectivity index (χ0) is 20.9. The Morgan fingerprint density at radius 2 is 1.70 bits per heavy atom. The minimum absolute atomic E-state index is 0.0157. The summed E-state index contributed by atoms with van der Waals surface area (Å²) in [4.78, 5) is 23.5. The van der Waals surface area contributed by atoms with E-state index in [1.54, 1.807) is 11.3 Å². The number of carbonyl (C=O) groups excluding carboxylic acids is 1. The maximum atomic E-state index is 12.4. The van der Waals surface area contributed by atoms with Gasteiger partial charge in [-0.05, 0) is 51.1 Å². The standard InChI is InChI=1S/C24H23NO4S/c26-23(27)12-17(11-16-9-10-30-15-16)25-13-24(28)29-14-22-20-7-3-1-5-18(20)19-6-2-4-8-21(19)22/h1-10,15,17,22,25H,11-14H2,(H,26,27). The van der Waals surface area contributed by atoms with Gasteiger partial charge in [-0.25, -0.2) is 0 Å². The molecular formula is C24H23NO4S. The Morgan fingerprint density at radius 3 is 2.30 bits per heavy atom. The fraction of sp³-hybridized carbons (Fsp3) is 0.250. The summed E-state index contributed by atoms with van der Waals surface area (Å²) >= 11 is 1.57. The number of carboxylic acid groups (broad SMARTS) is 1. The molecule has 1 aliphatic rings. The first-order chi connectivity index (χ1) is 14.6. The molecule has 0 saturated heterocycles. The minimum atomic E-state index is -0.893. The molecule has 154 valence electrons. The lowest BCUT2D eigenvalue weighted by atomic mass is 9.98. The largest absolute Gasteiger partial charge is 0.481 e. The lowest BCUT2D eigenvalue weighted by molar-refractivity contribution is -0.143. The molecule has 1 aromatic heterocycles. The van der Waals surface area contributed by atoms with Crippen molar-refractivity contribution in [3.8, 4) is 11.1 Å². The third-order valence-electron chi connectivity index (χ3n) is 5.39. The first kappa shape index (κ1) is 20.3. The Bertz CT molecular complexity index is 986. The molecule has 0 amide bonds. The van der Waals surface area contributed by atoms with Crippen LogP contribution in [-0.4, -0.2) is 36.2 Å². The van der Waals surface area contributed by atoms with E-state index in [2.05, 4.69) is 29.6 Å². The molecule has 5 nitrogen and oxygen atoms in total. The zero-order valence-electron chi connectivity index (χ0n) is 16.4. The highest BCUT2D eigenvalue weighted by Crippen LogP contribution is 2.44. The van der Waals surface area contributed by atoms with Crippen LogP contribution in [-0.2, 0) is 20.7 Å². The van der Waals surface area contributed by atoms with Crippen molar-refractivity contribution < 1.29 is 19.4 Å². The third kappa shape index (κ3) is 4.61. The number of benzene rings is 2. The van der Waals surface area contributed by atoms with Crippen LogP contribution in [0.3, 0.4) is 0 Å². The number of thiophene rings is 1. The van der Waals surface area contributed by atoms with Crippen LogP contribution in [0.1, 0.15) is 29.0 Å². The van der Waals surface area contributed by atoms with Gasteiger partial charge in [-0.3, -0.25) is 9.59 Å². The molecule has 2 N–H and O–H groups in total. The first-order valence-corrected chi connectivity index (χ1v) is 10.9. The highest BCUT2D eigenvalue weighted by atomic mass is 32.1. The number of nitrogens with one attached hydrogen (secondary N) is 1. The summed E-state index contributed by atoms with van der Waals surface area (Å²) in [6, 6.07) is 18.0. The second-order valence-corrected chi connectivity index (χ2v) is 8.20. The SMILES string of the molecule is O=C(O)CC(Cc1ccsc1)NCC(=O)OCC1c2ccccc2-c2ccccc21. The minimum Gasteiger partial charge on any atom is -0.481 e. The highest BCUT2D eigenvalue weighted by molar-refractivity contribution is 7.07. The second-order valence-electron chi connectivity index (χ2n) is 7.42. The van der Waals surface area contributed by atoms with Crippen LogP contribution in [0.4, 0.5) is 0 Å². The van der Waals surface area contributed by atoms with Gasteiger partial charge in [0.05, 0.1) is 13.0 Å². The lowest BCUT2D eigenvalue weighted by Gasteiger charge is -2.17. The molecule has 0 aliphatic heterocycles. The Kier molecular flexibility index (Phi) is 6.26. The van der Waals surface area contributed by atoms with Crippen LogP contribution < -0.4 is 5.32 Å². The van der Waals surface area contributed by atoms with E-state index in [4.69, 9.17) is 9.84 Å². The van der Waals surface area contributed by atoms with Crippen molar-refractivity contribution in [1.82, 2.24) is 5.32 Å². The number of hydrogen-bond acceptors (Lipinski definition) is 5. The van der Waals surface area contributed by atoms with E-state index in [0.29, 0.717) is 6.42 Å². The molecule has 0 radical (unpaired) electrons. The maximum absolute atomic E-state index is 12.4. The van der Waals surface area contributed by atoms with Gasteiger partial charge in [-0.15, -0.1) is 0 Å². The molecule has 0 bridgehead atoms. The summed E-state index contributed by atoms with van der Waals surface area (Å²) in [6.07, 6.45) is 0.513. The molecule has 1 aliphatic carbocycles. The number of fused-ring (bicyclic) bond motifs is 3. The summed E-state index contributed by atoms with van der Waals surface area (Å²) < 4.78 is 5.58. The first-order valence-electron chi connectivity index (χ1n) is 9.92. The van der Waals surface area contributed by atoms with Crippen molar-refractivity contribution in [2.45, 2.75) is 24.8 Å². The molecule has 0 saturated carbocycles. The molecule has 2 aromatic carbocycles. The summed E-state index contributed by atoms with van der Waals surface area (Å²) in [6.45, 7) is 0.251. The zero-order valence-corrected chi connectivity index (χ0v) is 17.2. The summed E-state index contributed by atoms with van der Waals surface area (Å²) in [5, 5.41) is 16.2. The van der Waals surface area contributed by atoms with Crippen molar-refractivity contribution in [2.75, 3.05) is 13.2 Å². The summed E-state index contributed by atoms with van der Waals surface area (Å²) in [7, 11) is 0. The number of carboxylic acids is 1. The highest BCUT2D eigenvalue weighted by Gasteiger charge is 2.29. The average molecular weight is 422 g/mol. The van der Waals surface area contributed by atoms with Gasteiger partial charge in [-0.1, -0.05) is 48.5 Å². The lowest BCUT2D eigenvalue weighted by Crippen LogP contribution is -2.37. The number of aliphatic carboxylic acids is 1. The topological polar surface area (TPSA) is 75.6 Å². The van der Waals surface area contributed by atoms with Gasteiger partial charge in [0, 0.05) is 12.0 Å². The fourth-order valence-corrected chi connectivity index (χ4v) is 4.70. The van der Waals surface area contributed by atoms with Crippen molar-refractivity contribution in [1.29, 1.82) is 0 Å². The van der Waals surface area contributed by atoms with Crippen LogP contribution in [0.15, 0.2) is 65.4 Å². The van der Waals surface area contributed by atoms with Crippen molar-refractivity contribution in [2.24, 2.45) is 0 Å². The van der Waals surface area contributed by atoms with Gasteiger partial charge >= 0.3 is 11.9 Å². The molecule has 30 heavy (non-hydrogen) atoms. The molecule has 1 atom stereocenters. The maximum Gasteiger partial charge on any atom is 0.319 e. The average Bonchev–Trinajstić information content (AvgIpc) is 3.36. The van der Waals surface area contributed by atoms with Crippen LogP contribution >= 0.6 is 11.3 Å². The van der Waals surface area contributed by atoms with E-state index in [1.807, 2.05) is 41.1 Å². The molecule has 0 fully saturated rings. The van der Waals surface area contributed by atoms with E-state index < -0.39 is 5.97 Å². The van der Waals surface area contributed by atoms with Gasteiger partial charge in [0.1, 0.15) is 6.61 Å². The number of hydrogen-bond donors (Lipinski definition) is 2. The van der Waals surface area contributed by atoms with Crippen LogP contribution in [0.5, 0.6) is 0 Å². The molecule has 1 unspecified atom stereocenters. The number of ether oxygens (including phenoxy) is 1. The Labute approximate surface area is 179 Å². The van der Waals surface area contributed by atoms with Crippen LogP contribution in [0, 0.1) is 0 Å². The van der Waals surface area contributed by atoms with Crippen LogP contribution in [0.25, 0.3) is 11.1 Å². The molecule has 6 heteroatoms. The van der Waals surface area contributed by atoms with Gasteiger partial charge < -0.3 is 15.2 Å². The van der Waals surface area contributed by atoms with Crippen molar-refractivity contribution in [3.05, 3.63) is 82.0 Å². The third-order valence-corrected chi connectivity index (χ3v) is 6.12. The van der Waals surface area contributed by atoms with Crippen molar-refractivity contribution in [3.63, 3.8) is 0 Å². The van der Waals surface area contributed by atoms with Gasteiger partial charge in [-0.2, -0.15) is 11.3 Å². The van der Waals surface area contributed by atoms with E-state index in [1.165, 1.54) is 22.3 Å². The predicted molar refractivity (Wildman–Crippen MR) is 117 cm³/mol. The van der Waals surface area contributed by atoms with Gasteiger partial charge in [0.25, 0.3) is 0 Å². The van der Waals surface area contributed by atoms with Crippen molar-refractivity contribution >= 4 is 23.3 Å². The predicted octanol–water partition coefficient (Wildman–Crippen LogP) is 4.08. The Hall–Kier alpha value is -2.96. The van der Waals surface area contributed by atoms with E-state index in [0.717, 1.165) is 5.56 Å². The second kappa shape index (κ2) is 9.24. The van der Waals surface area contributed by atoms with E-state index in [9.17, 15) is 9.59 Å². The number of rotatable bonds is 9. The molecule has 3 aromatic rings. The Morgan fingerprint density at radius 1 is 1.03 bits per heavy atom. The number of esters is 1. The summed E-state index contributed by atoms with van der Waals surface area (Å²) in [5.41, 5.74) is 5.77. The number of carbonyl (C=O) groups is 2. The van der Waals surface area contributed by atoms with E-state index >= 15 is 0 Å². The normalized spacial score (nSPS) is 13.5. The smallest absolute Gasteiger partial charge is 0.319 e. The summed E-state index contributed by atoms with van der Waals surface area (Å²) in [5.74, 6) is -1.25. The fourth-order valence-electron chi connectivity index (χ4n) is 4.01. The Balaban J connectivity index is 1.36. The monoisotopic (exact) mass is 421 g/mol. The molecule has 0 spiro atoms. The molecule has 1 heterocycles. The van der Waals surface area contributed by atoms with Gasteiger partial charge in [0.15, 0.2) is 0 Å².